The van der Waals surface area contributed by atoms with E-state index in [1.807, 2.05) is 0 Å². The number of ether oxygens (including phenoxy) is 4. The van der Waals surface area contributed by atoms with Gasteiger partial charge in [-0.15, -0.1) is 0 Å². The number of aromatic nitrogens is 1. The van der Waals surface area contributed by atoms with Crippen LogP contribution >= 0.6 is 0 Å². The SMILES string of the molecule is COc1cc(/C=C/C(=O)OCC(=O)Nc2cc(C)on2)cc(OC)c1OC. The summed E-state index contributed by atoms with van der Waals surface area (Å²) in [5.41, 5.74) is 0.629. The average Bonchev–Trinajstić information content (AvgIpc) is 3.08. The number of carbonyl (C=O) groups excluding carboxylic acids is 2. The number of aryl methyl sites for hydroxylation is 1. The predicted octanol–water partition coefficient (Wildman–Crippen LogP) is 2.20. The van der Waals surface area contributed by atoms with Crippen LogP contribution in [-0.4, -0.2) is 45.0 Å². The van der Waals surface area contributed by atoms with Gasteiger partial charge in [-0.2, -0.15) is 0 Å². The fraction of sp³-hybridized carbons (Fsp3) is 0.278. The van der Waals surface area contributed by atoms with Gasteiger partial charge in [-0.05, 0) is 30.7 Å². The van der Waals surface area contributed by atoms with Gasteiger partial charge in [-0.25, -0.2) is 4.79 Å². The fourth-order valence-electron chi connectivity index (χ4n) is 2.15. The standard InChI is InChI=1S/C18H20N2O7/c1-11-7-15(20-27-11)19-16(21)10-26-17(22)6-5-12-8-13(23-2)18(25-4)14(9-12)24-3/h5-9H,10H2,1-4H3,(H,19,20,21)/b6-5+. The zero-order valence-corrected chi connectivity index (χ0v) is 15.4. The topological polar surface area (TPSA) is 109 Å². The highest BCUT2D eigenvalue weighted by Gasteiger charge is 2.12. The third-order valence-electron chi connectivity index (χ3n) is 3.34. The van der Waals surface area contributed by atoms with Crippen molar-refractivity contribution in [2.24, 2.45) is 0 Å². The summed E-state index contributed by atoms with van der Waals surface area (Å²) >= 11 is 0. The fourth-order valence-corrected chi connectivity index (χ4v) is 2.15. The minimum absolute atomic E-state index is 0.251. The van der Waals surface area contributed by atoms with Crippen LogP contribution in [-0.2, 0) is 14.3 Å². The maximum Gasteiger partial charge on any atom is 0.331 e. The molecule has 1 heterocycles. The average molecular weight is 376 g/mol. The molecule has 0 unspecified atom stereocenters. The molecule has 0 aliphatic heterocycles. The molecule has 2 aromatic rings. The highest BCUT2D eigenvalue weighted by atomic mass is 16.5. The normalized spacial score (nSPS) is 10.5. The van der Waals surface area contributed by atoms with Gasteiger partial charge in [0, 0.05) is 12.1 Å². The lowest BCUT2D eigenvalue weighted by molar-refractivity contribution is -0.142. The Hall–Kier alpha value is -3.49. The molecule has 0 saturated heterocycles. The molecule has 0 aliphatic carbocycles. The maximum atomic E-state index is 11.8. The van der Waals surface area contributed by atoms with Crippen LogP contribution in [0.3, 0.4) is 0 Å². The van der Waals surface area contributed by atoms with Gasteiger partial charge in [-0.1, -0.05) is 5.16 Å². The number of hydrogen-bond acceptors (Lipinski definition) is 8. The number of anilines is 1. The van der Waals surface area contributed by atoms with Crippen molar-refractivity contribution in [2.45, 2.75) is 6.92 Å². The lowest BCUT2D eigenvalue weighted by atomic mass is 10.1. The number of nitrogens with one attached hydrogen (secondary N) is 1. The van der Waals surface area contributed by atoms with Gasteiger partial charge in [0.15, 0.2) is 23.9 Å². The Kier molecular flexibility index (Phi) is 6.81. The Bertz CT molecular complexity index is 817. The number of nitrogens with zero attached hydrogens (tertiary/aromatic N) is 1. The van der Waals surface area contributed by atoms with Crippen LogP contribution in [0.2, 0.25) is 0 Å². The molecule has 1 N–H and O–H groups in total. The number of methoxy groups -OCH3 is 3. The number of carbonyl (C=O) groups is 2. The quantitative estimate of drug-likeness (QED) is 0.552. The summed E-state index contributed by atoms with van der Waals surface area (Å²) in [6.07, 6.45) is 2.69. The van der Waals surface area contributed by atoms with Crippen molar-refractivity contribution >= 4 is 23.8 Å². The van der Waals surface area contributed by atoms with E-state index in [-0.39, 0.29) is 5.82 Å². The van der Waals surface area contributed by atoms with Gasteiger partial charge in [0.1, 0.15) is 5.76 Å². The van der Waals surface area contributed by atoms with Crippen molar-refractivity contribution in [2.75, 3.05) is 33.3 Å². The zero-order chi connectivity index (χ0) is 19.8. The second kappa shape index (κ2) is 9.27. The first-order chi connectivity index (χ1) is 13.0. The van der Waals surface area contributed by atoms with Crippen molar-refractivity contribution in [1.82, 2.24) is 5.16 Å². The molecule has 0 bridgehead atoms. The van der Waals surface area contributed by atoms with Crippen LogP contribution < -0.4 is 19.5 Å². The van der Waals surface area contributed by atoms with Gasteiger partial charge in [0.05, 0.1) is 21.3 Å². The van der Waals surface area contributed by atoms with E-state index in [9.17, 15) is 9.59 Å². The molecule has 1 aromatic heterocycles. The van der Waals surface area contributed by atoms with E-state index in [1.165, 1.54) is 33.5 Å². The number of benzene rings is 1. The third-order valence-corrected chi connectivity index (χ3v) is 3.34. The largest absolute Gasteiger partial charge is 0.493 e. The number of amides is 1. The number of esters is 1. The predicted molar refractivity (Wildman–Crippen MR) is 96.0 cm³/mol. The third kappa shape index (κ3) is 5.50. The van der Waals surface area contributed by atoms with Gasteiger partial charge >= 0.3 is 5.97 Å². The molecular weight excluding hydrogens is 356 g/mol. The van der Waals surface area contributed by atoms with Gasteiger partial charge in [-0.3, -0.25) is 4.79 Å². The molecule has 9 heteroatoms. The summed E-state index contributed by atoms with van der Waals surface area (Å²) in [7, 11) is 4.49. The summed E-state index contributed by atoms with van der Waals surface area (Å²) in [5, 5.41) is 6.05. The molecule has 0 radical (unpaired) electrons. The molecular formula is C18H20N2O7. The van der Waals surface area contributed by atoms with Crippen molar-refractivity contribution in [3.05, 3.63) is 35.6 Å². The molecule has 27 heavy (non-hydrogen) atoms. The second-order valence-corrected chi connectivity index (χ2v) is 5.27. The van der Waals surface area contributed by atoms with Crippen molar-refractivity contribution < 1.29 is 33.1 Å². The zero-order valence-electron chi connectivity index (χ0n) is 15.4. The van der Waals surface area contributed by atoms with Gasteiger partial charge in [0.2, 0.25) is 5.75 Å². The molecule has 0 fully saturated rings. The van der Waals surface area contributed by atoms with Crippen molar-refractivity contribution in [1.29, 1.82) is 0 Å². The van der Waals surface area contributed by atoms with E-state index < -0.39 is 18.5 Å². The van der Waals surface area contributed by atoms with Crippen LogP contribution in [0.5, 0.6) is 17.2 Å². The first kappa shape index (κ1) is 19.8. The van der Waals surface area contributed by atoms with Crippen LogP contribution in [0.1, 0.15) is 11.3 Å². The summed E-state index contributed by atoms with van der Waals surface area (Å²) < 4.78 is 25.4. The van der Waals surface area contributed by atoms with Gasteiger partial charge < -0.3 is 28.8 Å². The highest BCUT2D eigenvalue weighted by Crippen LogP contribution is 2.38. The molecule has 1 amide bonds. The minimum atomic E-state index is -0.685. The van der Waals surface area contributed by atoms with E-state index in [2.05, 4.69) is 10.5 Å². The summed E-state index contributed by atoms with van der Waals surface area (Å²) in [5.74, 6) is 0.934. The van der Waals surface area contributed by atoms with E-state index in [4.69, 9.17) is 23.5 Å². The number of hydrogen-bond donors (Lipinski definition) is 1. The lowest BCUT2D eigenvalue weighted by Crippen LogP contribution is -2.20. The van der Waals surface area contributed by atoms with Crippen molar-refractivity contribution in [3.63, 3.8) is 0 Å². The summed E-state index contributed by atoms with van der Waals surface area (Å²) in [6, 6.07) is 4.89. The monoisotopic (exact) mass is 376 g/mol. The Balaban J connectivity index is 1.94. The Morgan fingerprint density at radius 2 is 1.78 bits per heavy atom. The van der Waals surface area contributed by atoms with Crippen LogP contribution in [0, 0.1) is 6.92 Å². The Morgan fingerprint density at radius 1 is 1.11 bits per heavy atom. The Labute approximate surface area is 155 Å². The maximum absolute atomic E-state index is 11.8. The van der Waals surface area contributed by atoms with E-state index >= 15 is 0 Å². The smallest absolute Gasteiger partial charge is 0.331 e. The van der Waals surface area contributed by atoms with Gasteiger partial charge in [0.25, 0.3) is 5.91 Å². The minimum Gasteiger partial charge on any atom is -0.493 e. The molecule has 9 nitrogen and oxygen atoms in total. The molecule has 0 atom stereocenters. The molecule has 1 aromatic carbocycles. The number of rotatable bonds is 8. The van der Waals surface area contributed by atoms with E-state index in [0.29, 0.717) is 28.6 Å². The second-order valence-electron chi connectivity index (χ2n) is 5.27. The lowest BCUT2D eigenvalue weighted by Gasteiger charge is -2.12. The summed E-state index contributed by atoms with van der Waals surface area (Å²) in [6.45, 7) is 1.24. The first-order valence-corrected chi connectivity index (χ1v) is 7.84. The molecule has 2 rings (SSSR count). The van der Waals surface area contributed by atoms with E-state index in [1.54, 1.807) is 25.1 Å². The molecule has 144 valence electrons. The van der Waals surface area contributed by atoms with E-state index in [0.717, 1.165) is 0 Å². The first-order valence-electron chi connectivity index (χ1n) is 7.84. The molecule has 0 saturated carbocycles. The summed E-state index contributed by atoms with van der Waals surface area (Å²) in [4.78, 5) is 23.5. The van der Waals surface area contributed by atoms with Crippen molar-refractivity contribution in [3.8, 4) is 17.2 Å². The Morgan fingerprint density at radius 3 is 2.30 bits per heavy atom. The van der Waals surface area contributed by atoms with Crippen LogP contribution in [0.25, 0.3) is 6.08 Å². The van der Waals surface area contributed by atoms with Crippen LogP contribution in [0.15, 0.2) is 28.8 Å². The highest BCUT2D eigenvalue weighted by molar-refractivity contribution is 5.94. The molecule has 0 spiro atoms. The van der Waals surface area contributed by atoms with Crippen LogP contribution in [0.4, 0.5) is 5.82 Å². The molecule has 0 aliphatic rings.